The molecule has 1 N–H and O–H groups in total. The third kappa shape index (κ3) is 2.44. The minimum absolute atomic E-state index is 0.245. The molecule has 4 heteroatoms. The summed E-state index contributed by atoms with van der Waals surface area (Å²) < 4.78 is 12.1. The van der Waals surface area contributed by atoms with Crippen molar-refractivity contribution < 1.29 is 9.31 Å². The maximum atomic E-state index is 6.03. The van der Waals surface area contributed by atoms with Gasteiger partial charge in [0, 0.05) is 6.54 Å². The second kappa shape index (κ2) is 4.41. The van der Waals surface area contributed by atoms with Crippen molar-refractivity contribution in [1.29, 1.82) is 0 Å². The van der Waals surface area contributed by atoms with E-state index in [4.69, 9.17) is 9.31 Å². The van der Waals surface area contributed by atoms with Crippen LogP contribution in [0.3, 0.4) is 0 Å². The Bertz CT molecular complexity index is 293. The molecule has 96 valence electrons. The van der Waals surface area contributed by atoms with Gasteiger partial charge in [-0.05, 0) is 58.5 Å². The van der Waals surface area contributed by atoms with Crippen molar-refractivity contribution in [1.82, 2.24) is 5.32 Å². The summed E-state index contributed by atoms with van der Waals surface area (Å²) in [5.74, 6) is 0.485. The number of rotatable bonds is 2. The normalized spacial score (nSPS) is 31.5. The molecule has 2 saturated heterocycles. The molecule has 0 saturated carbocycles. The predicted molar refractivity (Wildman–Crippen MR) is 70.8 cm³/mol. The van der Waals surface area contributed by atoms with Crippen LogP contribution in [0.15, 0.2) is 12.1 Å². The lowest BCUT2D eigenvalue weighted by molar-refractivity contribution is 0.00578. The van der Waals surface area contributed by atoms with E-state index in [1.807, 2.05) is 0 Å². The van der Waals surface area contributed by atoms with E-state index in [1.165, 1.54) is 12.8 Å². The smallest absolute Gasteiger partial charge is 0.400 e. The predicted octanol–water partition coefficient (Wildman–Crippen LogP) is 2.17. The van der Waals surface area contributed by atoms with E-state index in [9.17, 15) is 0 Å². The zero-order chi connectivity index (χ0) is 12.7. The third-order valence-corrected chi connectivity index (χ3v) is 4.38. The molecular formula is C13H24BNO2. The maximum absolute atomic E-state index is 6.03. The summed E-state index contributed by atoms with van der Waals surface area (Å²) in [5.41, 5.74) is 0.571. The lowest BCUT2D eigenvalue weighted by Crippen LogP contribution is -2.41. The molecule has 0 radical (unpaired) electrons. The van der Waals surface area contributed by atoms with Crippen molar-refractivity contribution in [3.63, 3.8) is 0 Å². The van der Waals surface area contributed by atoms with Crippen molar-refractivity contribution in [3.8, 4) is 0 Å². The topological polar surface area (TPSA) is 30.5 Å². The van der Waals surface area contributed by atoms with Crippen molar-refractivity contribution in [2.45, 2.75) is 51.7 Å². The Labute approximate surface area is 105 Å². The van der Waals surface area contributed by atoms with Crippen LogP contribution in [0.1, 0.15) is 40.5 Å². The largest absolute Gasteiger partial charge is 0.490 e. The Kier molecular flexibility index (Phi) is 3.41. The number of hydrogen-bond donors (Lipinski definition) is 1. The fourth-order valence-electron chi connectivity index (χ4n) is 2.36. The van der Waals surface area contributed by atoms with Gasteiger partial charge in [0.2, 0.25) is 0 Å². The molecule has 2 heterocycles. The van der Waals surface area contributed by atoms with Crippen LogP contribution in [0.4, 0.5) is 0 Å². The molecule has 0 aromatic rings. The van der Waals surface area contributed by atoms with Crippen LogP contribution in [0.2, 0.25) is 0 Å². The highest BCUT2D eigenvalue weighted by atomic mass is 16.7. The number of nitrogens with one attached hydrogen (secondary N) is 1. The van der Waals surface area contributed by atoms with E-state index in [-0.39, 0.29) is 18.3 Å². The van der Waals surface area contributed by atoms with Gasteiger partial charge in [0.05, 0.1) is 11.2 Å². The van der Waals surface area contributed by atoms with E-state index in [0.717, 1.165) is 18.6 Å². The first-order chi connectivity index (χ1) is 7.83. The van der Waals surface area contributed by atoms with Gasteiger partial charge in [0.25, 0.3) is 0 Å². The summed E-state index contributed by atoms with van der Waals surface area (Å²) in [6.07, 6.45) is 2.40. The van der Waals surface area contributed by atoms with E-state index in [2.05, 4.69) is 39.6 Å². The van der Waals surface area contributed by atoms with Crippen molar-refractivity contribution in [2.24, 2.45) is 5.92 Å². The molecule has 0 aromatic heterocycles. The summed E-state index contributed by atoms with van der Waals surface area (Å²) in [7, 11) is -0.245. The monoisotopic (exact) mass is 237 g/mol. The van der Waals surface area contributed by atoms with Gasteiger partial charge in [-0.15, -0.1) is 6.58 Å². The van der Waals surface area contributed by atoms with E-state index >= 15 is 0 Å². The van der Waals surface area contributed by atoms with Crippen LogP contribution < -0.4 is 5.32 Å². The van der Waals surface area contributed by atoms with Crippen molar-refractivity contribution in [3.05, 3.63) is 12.1 Å². The van der Waals surface area contributed by atoms with Crippen LogP contribution >= 0.6 is 0 Å². The summed E-state index contributed by atoms with van der Waals surface area (Å²) >= 11 is 0. The third-order valence-electron chi connectivity index (χ3n) is 4.38. The van der Waals surface area contributed by atoms with Gasteiger partial charge in [0.1, 0.15) is 0 Å². The molecule has 17 heavy (non-hydrogen) atoms. The molecule has 0 spiro atoms. The fourth-order valence-corrected chi connectivity index (χ4v) is 2.36. The Hall–Kier alpha value is -0.315. The molecular weight excluding hydrogens is 213 g/mol. The Morgan fingerprint density at radius 3 is 2.29 bits per heavy atom. The van der Waals surface area contributed by atoms with Crippen LogP contribution in [-0.4, -0.2) is 31.4 Å². The average molecular weight is 237 g/mol. The van der Waals surface area contributed by atoms with Crippen molar-refractivity contribution >= 4 is 7.12 Å². The minimum atomic E-state index is -0.261. The SMILES string of the molecule is C=C(B1OC(C)(C)C(C)(C)O1)C1CCCNC1. The molecule has 2 aliphatic heterocycles. The Morgan fingerprint density at radius 2 is 1.82 bits per heavy atom. The summed E-state index contributed by atoms with van der Waals surface area (Å²) in [6.45, 7) is 14.7. The van der Waals surface area contributed by atoms with Gasteiger partial charge >= 0.3 is 7.12 Å². The van der Waals surface area contributed by atoms with Crippen LogP contribution in [0.5, 0.6) is 0 Å². The number of piperidine rings is 1. The second-order valence-corrected chi connectivity index (χ2v) is 6.21. The molecule has 2 rings (SSSR count). The molecule has 2 aliphatic rings. The van der Waals surface area contributed by atoms with Gasteiger partial charge < -0.3 is 14.6 Å². The van der Waals surface area contributed by atoms with E-state index in [1.54, 1.807) is 0 Å². The Morgan fingerprint density at radius 1 is 1.24 bits per heavy atom. The standard InChI is InChI=1S/C13H24BNO2/c1-10(11-7-6-8-15-9-11)14-16-12(2,3)13(4,5)17-14/h11,15H,1,6-9H2,2-5H3. The highest BCUT2D eigenvalue weighted by molar-refractivity contribution is 6.54. The van der Waals surface area contributed by atoms with Crippen molar-refractivity contribution in [2.75, 3.05) is 13.1 Å². The molecule has 0 aliphatic carbocycles. The zero-order valence-corrected chi connectivity index (χ0v) is 11.5. The lowest BCUT2D eigenvalue weighted by atomic mass is 9.70. The first-order valence-electron chi connectivity index (χ1n) is 6.58. The molecule has 2 fully saturated rings. The van der Waals surface area contributed by atoms with Gasteiger partial charge in [-0.2, -0.15) is 0 Å². The van der Waals surface area contributed by atoms with E-state index in [0.29, 0.717) is 5.92 Å². The highest BCUT2D eigenvalue weighted by Crippen LogP contribution is 2.39. The zero-order valence-electron chi connectivity index (χ0n) is 11.5. The highest BCUT2D eigenvalue weighted by Gasteiger charge is 2.52. The maximum Gasteiger partial charge on any atom is 0.490 e. The molecule has 0 bridgehead atoms. The second-order valence-electron chi connectivity index (χ2n) is 6.21. The molecule has 0 aromatic carbocycles. The summed E-state index contributed by atoms with van der Waals surface area (Å²) in [4.78, 5) is 0. The summed E-state index contributed by atoms with van der Waals surface area (Å²) in [5, 5.41) is 3.41. The first-order valence-corrected chi connectivity index (χ1v) is 6.58. The fraction of sp³-hybridized carbons (Fsp3) is 0.846. The molecule has 0 amide bonds. The summed E-state index contributed by atoms with van der Waals surface area (Å²) in [6, 6.07) is 0. The lowest BCUT2D eigenvalue weighted by Gasteiger charge is -2.32. The van der Waals surface area contributed by atoms with Crippen LogP contribution in [0, 0.1) is 5.92 Å². The first kappa shape index (κ1) is 13.1. The van der Waals surface area contributed by atoms with Gasteiger partial charge in [-0.25, -0.2) is 0 Å². The molecule has 3 nitrogen and oxygen atoms in total. The quantitative estimate of drug-likeness (QED) is 0.746. The average Bonchev–Trinajstić information content (AvgIpc) is 2.48. The van der Waals surface area contributed by atoms with E-state index < -0.39 is 0 Å². The van der Waals surface area contributed by atoms with Crippen LogP contribution in [0.25, 0.3) is 0 Å². The Balaban J connectivity index is 2.02. The molecule has 1 unspecified atom stereocenters. The number of hydrogen-bond acceptors (Lipinski definition) is 3. The van der Waals surface area contributed by atoms with Gasteiger partial charge in [0.15, 0.2) is 0 Å². The van der Waals surface area contributed by atoms with Crippen LogP contribution in [-0.2, 0) is 9.31 Å². The van der Waals surface area contributed by atoms with Gasteiger partial charge in [-0.1, -0.05) is 0 Å². The minimum Gasteiger partial charge on any atom is -0.400 e. The van der Waals surface area contributed by atoms with Gasteiger partial charge in [-0.3, -0.25) is 0 Å². The molecule has 1 atom stereocenters.